The number of amides is 1. The van der Waals surface area contributed by atoms with Crippen LogP contribution in [0.4, 0.5) is 0 Å². The zero-order valence-electron chi connectivity index (χ0n) is 13.0. The third-order valence-electron chi connectivity index (χ3n) is 2.91. The molecule has 0 fully saturated rings. The van der Waals surface area contributed by atoms with Crippen molar-refractivity contribution in [2.75, 3.05) is 26.3 Å². The SMILES string of the molecule is CCCN(CCC(=O)OCC)C(=O)COc1ccc(Cl)cc1. The van der Waals surface area contributed by atoms with Crippen LogP contribution < -0.4 is 4.74 Å². The van der Waals surface area contributed by atoms with Gasteiger partial charge in [0.25, 0.3) is 5.91 Å². The van der Waals surface area contributed by atoms with E-state index in [1.165, 1.54) is 0 Å². The van der Waals surface area contributed by atoms with Crippen LogP contribution in [0.3, 0.4) is 0 Å². The first-order chi connectivity index (χ1) is 10.6. The van der Waals surface area contributed by atoms with E-state index in [4.69, 9.17) is 21.1 Å². The average Bonchev–Trinajstić information content (AvgIpc) is 2.51. The molecular formula is C16H22ClNO4. The van der Waals surface area contributed by atoms with E-state index in [2.05, 4.69) is 0 Å². The van der Waals surface area contributed by atoms with Crippen LogP contribution in [0.15, 0.2) is 24.3 Å². The van der Waals surface area contributed by atoms with Gasteiger partial charge >= 0.3 is 5.97 Å². The first-order valence-electron chi connectivity index (χ1n) is 7.38. The van der Waals surface area contributed by atoms with Crippen molar-refractivity contribution in [1.82, 2.24) is 4.90 Å². The van der Waals surface area contributed by atoms with Crippen LogP contribution in [0.25, 0.3) is 0 Å². The molecule has 22 heavy (non-hydrogen) atoms. The van der Waals surface area contributed by atoms with Gasteiger partial charge in [0.1, 0.15) is 5.75 Å². The molecule has 1 aromatic rings. The lowest BCUT2D eigenvalue weighted by atomic mass is 10.3. The quantitative estimate of drug-likeness (QED) is 0.654. The molecule has 0 aliphatic heterocycles. The fourth-order valence-corrected chi connectivity index (χ4v) is 1.98. The maximum absolute atomic E-state index is 12.2. The molecule has 0 atom stereocenters. The van der Waals surface area contributed by atoms with Crippen LogP contribution in [0.5, 0.6) is 5.75 Å². The number of rotatable bonds is 9. The van der Waals surface area contributed by atoms with E-state index in [0.29, 0.717) is 30.5 Å². The van der Waals surface area contributed by atoms with E-state index in [1.807, 2.05) is 6.92 Å². The maximum Gasteiger partial charge on any atom is 0.307 e. The topological polar surface area (TPSA) is 55.8 Å². The van der Waals surface area contributed by atoms with Crippen LogP contribution in [0, 0.1) is 0 Å². The summed E-state index contributed by atoms with van der Waals surface area (Å²) in [5.41, 5.74) is 0. The molecule has 0 bridgehead atoms. The Kier molecular flexibility index (Phi) is 8.36. The summed E-state index contributed by atoms with van der Waals surface area (Å²) in [7, 11) is 0. The highest BCUT2D eigenvalue weighted by Crippen LogP contribution is 2.15. The predicted octanol–water partition coefficient (Wildman–Crippen LogP) is 2.91. The monoisotopic (exact) mass is 327 g/mol. The normalized spacial score (nSPS) is 10.1. The smallest absolute Gasteiger partial charge is 0.307 e. The minimum atomic E-state index is -0.296. The summed E-state index contributed by atoms with van der Waals surface area (Å²) < 4.78 is 10.3. The summed E-state index contributed by atoms with van der Waals surface area (Å²) in [5.74, 6) is 0.135. The zero-order valence-corrected chi connectivity index (χ0v) is 13.8. The van der Waals surface area contributed by atoms with Crippen LogP contribution in [0.1, 0.15) is 26.7 Å². The van der Waals surface area contributed by atoms with E-state index in [9.17, 15) is 9.59 Å². The standard InChI is InChI=1S/C16H22ClNO4/c1-3-10-18(11-9-16(20)21-4-2)15(19)12-22-14-7-5-13(17)6-8-14/h5-8H,3-4,9-12H2,1-2H3. The minimum absolute atomic E-state index is 0.0650. The van der Waals surface area contributed by atoms with Gasteiger partial charge in [-0.1, -0.05) is 18.5 Å². The van der Waals surface area contributed by atoms with Crippen molar-refractivity contribution in [2.24, 2.45) is 0 Å². The van der Waals surface area contributed by atoms with Crippen molar-refractivity contribution in [3.63, 3.8) is 0 Å². The van der Waals surface area contributed by atoms with Gasteiger partial charge in [-0.3, -0.25) is 9.59 Å². The van der Waals surface area contributed by atoms with Gasteiger partial charge < -0.3 is 14.4 Å². The molecule has 0 unspecified atom stereocenters. The molecule has 6 heteroatoms. The first kappa shape index (κ1) is 18.3. The number of hydrogen-bond donors (Lipinski definition) is 0. The van der Waals surface area contributed by atoms with Crippen molar-refractivity contribution in [2.45, 2.75) is 26.7 Å². The molecule has 122 valence electrons. The van der Waals surface area contributed by atoms with Crippen molar-refractivity contribution >= 4 is 23.5 Å². The molecule has 5 nitrogen and oxygen atoms in total. The molecule has 0 spiro atoms. The average molecular weight is 328 g/mol. The summed E-state index contributed by atoms with van der Waals surface area (Å²) in [5, 5.41) is 0.612. The van der Waals surface area contributed by atoms with Gasteiger partial charge in [-0.15, -0.1) is 0 Å². The Morgan fingerprint density at radius 2 is 1.82 bits per heavy atom. The Hall–Kier alpha value is -1.75. The summed E-state index contributed by atoms with van der Waals surface area (Å²) in [4.78, 5) is 25.2. The predicted molar refractivity (Wildman–Crippen MR) is 85.1 cm³/mol. The van der Waals surface area contributed by atoms with Gasteiger partial charge in [0.2, 0.25) is 0 Å². The lowest BCUT2D eigenvalue weighted by molar-refractivity contribution is -0.144. The second-order valence-corrected chi connectivity index (χ2v) is 5.11. The number of ether oxygens (including phenoxy) is 2. The zero-order chi connectivity index (χ0) is 16.4. The Morgan fingerprint density at radius 1 is 1.14 bits per heavy atom. The lowest BCUT2D eigenvalue weighted by Crippen LogP contribution is -2.37. The van der Waals surface area contributed by atoms with Crippen molar-refractivity contribution in [3.8, 4) is 5.75 Å². The molecule has 0 aromatic heterocycles. The van der Waals surface area contributed by atoms with Crippen LogP contribution in [-0.4, -0.2) is 43.1 Å². The third kappa shape index (κ3) is 6.80. The second kappa shape index (κ2) is 10.1. The van der Waals surface area contributed by atoms with E-state index in [0.717, 1.165) is 6.42 Å². The van der Waals surface area contributed by atoms with Gasteiger partial charge in [-0.25, -0.2) is 0 Å². The molecular weight excluding hydrogens is 306 g/mol. The molecule has 1 rings (SSSR count). The van der Waals surface area contributed by atoms with Gasteiger partial charge in [-0.2, -0.15) is 0 Å². The molecule has 0 heterocycles. The highest BCUT2D eigenvalue weighted by Gasteiger charge is 2.15. The number of hydrogen-bond acceptors (Lipinski definition) is 4. The molecule has 0 aliphatic rings. The minimum Gasteiger partial charge on any atom is -0.484 e. The Bertz CT molecular complexity index is 476. The van der Waals surface area contributed by atoms with E-state index in [-0.39, 0.29) is 24.9 Å². The fraction of sp³-hybridized carbons (Fsp3) is 0.500. The first-order valence-corrected chi connectivity index (χ1v) is 7.76. The molecule has 1 amide bonds. The summed E-state index contributed by atoms with van der Waals surface area (Å²) in [6.07, 6.45) is 1.01. The van der Waals surface area contributed by atoms with E-state index >= 15 is 0 Å². The summed E-state index contributed by atoms with van der Waals surface area (Å²) in [6, 6.07) is 6.81. The van der Waals surface area contributed by atoms with Crippen LogP contribution >= 0.6 is 11.6 Å². The maximum atomic E-state index is 12.2. The summed E-state index contributed by atoms with van der Waals surface area (Å²) >= 11 is 5.79. The van der Waals surface area contributed by atoms with Crippen LogP contribution in [-0.2, 0) is 14.3 Å². The second-order valence-electron chi connectivity index (χ2n) is 4.68. The van der Waals surface area contributed by atoms with Crippen molar-refractivity contribution in [1.29, 1.82) is 0 Å². The molecule has 0 saturated heterocycles. The third-order valence-corrected chi connectivity index (χ3v) is 3.17. The van der Waals surface area contributed by atoms with Crippen molar-refractivity contribution < 1.29 is 19.1 Å². The number of carbonyl (C=O) groups is 2. The van der Waals surface area contributed by atoms with Gasteiger partial charge in [0.05, 0.1) is 13.0 Å². The number of carbonyl (C=O) groups excluding carboxylic acids is 2. The lowest BCUT2D eigenvalue weighted by Gasteiger charge is -2.21. The molecule has 1 aromatic carbocycles. The van der Waals surface area contributed by atoms with E-state index < -0.39 is 0 Å². The van der Waals surface area contributed by atoms with Gasteiger partial charge in [-0.05, 0) is 37.6 Å². The van der Waals surface area contributed by atoms with E-state index in [1.54, 1.807) is 36.1 Å². The molecule has 0 radical (unpaired) electrons. The Morgan fingerprint density at radius 3 is 2.41 bits per heavy atom. The largest absolute Gasteiger partial charge is 0.484 e. The molecule has 0 N–H and O–H groups in total. The fourth-order valence-electron chi connectivity index (χ4n) is 1.86. The molecule has 0 aliphatic carbocycles. The van der Waals surface area contributed by atoms with Crippen molar-refractivity contribution in [3.05, 3.63) is 29.3 Å². The van der Waals surface area contributed by atoms with Crippen LogP contribution in [0.2, 0.25) is 5.02 Å². The number of halogens is 1. The number of nitrogens with zero attached hydrogens (tertiary/aromatic N) is 1. The van der Waals surface area contributed by atoms with Gasteiger partial charge in [0.15, 0.2) is 6.61 Å². The summed E-state index contributed by atoms with van der Waals surface area (Å²) in [6.45, 7) is 4.94. The van der Waals surface area contributed by atoms with Gasteiger partial charge in [0, 0.05) is 18.1 Å². The Balaban J connectivity index is 2.46. The number of esters is 1. The highest BCUT2D eigenvalue weighted by atomic mass is 35.5. The molecule has 0 saturated carbocycles. The number of benzene rings is 1. The Labute approximate surface area is 136 Å². The highest BCUT2D eigenvalue weighted by molar-refractivity contribution is 6.30.